The molecule has 1 amide bonds. The Morgan fingerprint density at radius 1 is 1.07 bits per heavy atom. The van der Waals surface area contributed by atoms with Gasteiger partial charge < -0.3 is 19.5 Å². The molecule has 150 valence electrons. The lowest BCUT2D eigenvalue weighted by Gasteiger charge is -2.15. The number of nitrogens with one attached hydrogen (secondary N) is 1. The number of hydrogen-bond donors (Lipinski definition) is 1. The van der Waals surface area contributed by atoms with Crippen LogP contribution in [0.1, 0.15) is 22.8 Å². The summed E-state index contributed by atoms with van der Waals surface area (Å²) < 4.78 is 26.9. The number of methoxy groups -OCH3 is 2. The summed E-state index contributed by atoms with van der Waals surface area (Å²) in [5.74, 6) is 0.257. The SMILES string of the molecule is COc1cc(NC(=O)[C@@H](C)OC(=O)c2cccc(C[S@](C)=O)c2)cc(OC)c1. The summed E-state index contributed by atoms with van der Waals surface area (Å²) in [6, 6.07) is 11.6. The van der Waals surface area contributed by atoms with Crippen molar-refractivity contribution >= 4 is 28.4 Å². The Balaban J connectivity index is 2.04. The molecule has 0 bridgehead atoms. The predicted molar refractivity (Wildman–Crippen MR) is 107 cm³/mol. The van der Waals surface area contributed by atoms with Crippen LogP contribution in [-0.4, -0.2) is 42.7 Å². The smallest absolute Gasteiger partial charge is 0.338 e. The van der Waals surface area contributed by atoms with E-state index in [1.807, 2.05) is 0 Å². The van der Waals surface area contributed by atoms with Crippen LogP contribution < -0.4 is 14.8 Å². The van der Waals surface area contributed by atoms with Gasteiger partial charge in [-0.15, -0.1) is 0 Å². The molecule has 0 saturated carbocycles. The number of esters is 1. The van der Waals surface area contributed by atoms with E-state index < -0.39 is 28.8 Å². The van der Waals surface area contributed by atoms with E-state index in [-0.39, 0.29) is 0 Å². The topological polar surface area (TPSA) is 90.9 Å². The minimum absolute atomic E-state index is 0.297. The lowest BCUT2D eigenvalue weighted by Crippen LogP contribution is -2.30. The molecule has 2 rings (SSSR count). The van der Waals surface area contributed by atoms with Gasteiger partial charge in [-0.25, -0.2) is 4.79 Å². The first kappa shape index (κ1) is 21.4. The molecule has 7 nitrogen and oxygen atoms in total. The lowest BCUT2D eigenvalue weighted by molar-refractivity contribution is -0.123. The Morgan fingerprint density at radius 2 is 1.71 bits per heavy atom. The third-order valence-electron chi connectivity index (χ3n) is 3.80. The summed E-state index contributed by atoms with van der Waals surface area (Å²) in [6.45, 7) is 1.48. The van der Waals surface area contributed by atoms with Crippen molar-refractivity contribution in [3.05, 3.63) is 53.6 Å². The Hall–Kier alpha value is -2.87. The second-order valence-electron chi connectivity index (χ2n) is 6.06. The minimum Gasteiger partial charge on any atom is -0.497 e. The minimum atomic E-state index is -1.02. The fraction of sp³-hybridized carbons (Fsp3) is 0.300. The van der Waals surface area contributed by atoms with Crippen LogP contribution >= 0.6 is 0 Å². The predicted octanol–water partition coefficient (Wildman–Crippen LogP) is 2.77. The number of carbonyl (C=O) groups excluding carboxylic acids is 2. The van der Waals surface area contributed by atoms with Crippen LogP contribution in [0.2, 0.25) is 0 Å². The van der Waals surface area contributed by atoms with Crippen molar-refractivity contribution < 1.29 is 28.0 Å². The summed E-state index contributed by atoms with van der Waals surface area (Å²) >= 11 is 0. The van der Waals surface area contributed by atoms with Gasteiger partial charge in [0.05, 0.1) is 19.8 Å². The van der Waals surface area contributed by atoms with E-state index in [9.17, 15) is 13.8 Å². The van der Waals surface area contributed by atoms with E-state index in [0.717, 1.165) is 5.56 Å². The zero-order valence-electron chi connectivity index (χ0n) is 16.2. The highest BCUT2D eigenvalue weighted by atomic mass is 32.2. The molecule has 0 radical (unpaired) electrons. The first-order valence-electron chi connectivity index (χ1n) is 8.46. The molecule has 0 saturated heterocycles. The maximum Gasteiger partial charge on any atom is 0.338 e. The van der Waals surface area contributed by atoms with Crippen molar-refractivity contribution in [2.24, 2.45) is 0 Å². The highest BCUT2D eigenvalue weighted by Crippen LogP contribution is 2.26. The van der Waals surface area contributed by atoms with Gasteiger partial charge in [0.1, 0.15) is 11.5 Å². The van der Waals surface area contributed by atoms with Gasteiger partial charge in [-0.3, -0.25) is 9.00 Å². The van der Waals surface area contributed by atoms with Crippen LogP contribution in [0.5, 0.6) is 11.5 Å². The number of amides is 1. The van der Waals surface area contributed by atoms with Crippen molar-refractivity contribution in [3.8, 4) is 11.5 Å². The molecule has 0 aliphatic carbocycles. The van der Waals surface area contributed by atoms with Crippen molar-refractivity contribution in [3.63, 3.8) is 0 Å². The van der Waals surface area contributed by atoms with Crippen molar-refractivity contribution in [1.82, 2.24) is 0 Å². The van der Waals surface area contributed by atoms with Crippen LogP contribution in [0.4, 0.5) is 5.69 Å². The molecule has 0 heterocycles. The van der Waals surface area contributed by atoms with E-state index >= 15 is 0 Å². The Kier molecular flexibility index (Phi) is 7.57. The normalized spacial score (nSPS) is 12.6. The Labute approximate surface area is 166 Å². The quantitative estimate of drug-likeness (QED) is 0.679. The zero-order valence-corrected chi connectivity index (χ0v) is 17.0. The maximum absolute atomic E-state index is 12.4. The van der Waals surface area contributed by atoms with E-state index in [2.05, 4.69) is 5.32 Å². The van der Waals surface area contributed by atoms with E-state index in [0.29, 0.717) is 28.5 Å². The zero-order chi connectivity index (χ0) is 20.7. The van der Waals surface area contributed by atoms with Crippen LogP contribution in [0.3, 0.4) is 0 Å². The molecular formula is C20H23NO6S. The molecule has 1 N–H and O–H groups in total. The maximum atomic E-state index is 12.4. The molecule has 0 aromatic heterocycles. The average molecular weight is 405 g/mol. The third-order valence-corrected chi connectivity index (χ3v) is 4.54. The van der Waals surface area contributed by atoms with E-state index in [1.165, 1.54) is 21.1 Å². The molecule has 2 atom stereocenters. The fourth-order valence-electron chi connectivity index (χ4n) is 2.43. The first-order valence-corrected chi connectivity index (χ1v) is 10.2. The van der Waals surface area contributed by atoms with Gasteiger partial charge in [-0.1, -0.05) is 12.1 Å². The molecule has 0 fully saturated rings. The summed E-state index contributed by atoms with van der Waals surface area (Å²) in [6.07, 6.45) is 0.569. The van der Waals surface area contributed by atoms with Gasteiger partial charge >= 0.3 is 5.97 Å². The van der Waals surface area contributed by atoms with Crippen molar-refractivity contribution in [2.45, 2.75) is 18.8 Å². The summed E-state index contributed by atoms with van der Waals surface area (Å²) in [7, 11) is 1.99. The summed E-state index contributed by atoms with van der Waals surface area (Å²) in [5, 5.41) is 2.67. The van der Waals surface area contributed by atoms with Crippen LogP contribution in [-0.2, 0) is 26.1 Å². The van der Waals surface area contributed by atoms with Crippen LogP contribution in [0.25, 0.3) is 0 Å². The second kappa shape index (κ2) is 9.89. The molecule has 28 heavy (non-hydrogen) atoms. The molecule has 2 aromatic carbocycles. The number of carbonyl (C=O) groups is 2. The van der Waals surface area contributed by atoms with Gasteiger partial charge in [-0.2, -0.15) is 0 Å². The molecule has 0 unspecified atom stereocenters. The molecule has 0 aliphatic heterocycles. The monoisotopic (exact) mass is 405 g/mol. The first-order chi connectivity index (χ1) is 13.3. The van der Waals surface area contributed by atoms with E-state index in [1.54, 1.807) is 48.7 Å². The van der Waals surface area contributed by atoms with Crippen LogP contribution in [0.15, 0.2) is 42.5 Å². The largest absolute Gasteiger partial charge is 0.497 e. The van der Waals surface area contributed by atoms with Crippen molar-refractivity contribution in [1.29, 1.82) is 0 Å². The van der Waals surface area contributed by atoms with Gasteiger partial charge in [0.2, 0.25) is 0 Å². The molecule has 2 aromatic rings. The summed E-state index contributed by atoms with van der Waals surface area (Å²) in [4.78, 5) is 24.7. The highest BCUT2D eigenvalue weighted by molar-refractivity contribution is 7.83. The van der Waals surface area contributed by atoms with Gasteiger partial charge in [0.25, 0.3) is 5.91 Å². The van der Waals surface area contributed by atoms with Gasteiger partial charge in [-0.05, 0) is 24.6 Å². The van der Waals surface area contributed by atoms with Crippen LogP contribution in [0, 0.1) is 0 Å². The average Bonchev–Trinajstić information content (AvgIpc) is 2.67. The van der Waals surface area contributed by atoms with Gasteiger partial charge in [0, 0.05) is 46.7 Å². The second-order valence-corrected chi connectivity index (χ2v) is 7.49. The molecular weight excluding hydrogens is 382 g/mol. The molecule has 0 aliphatic rings. The van der Waals surface area contributed by atoms with Crippen molar-refractivity contribution in [2.75, 3.05) is 25.8 Å². The van der Waals surface area contributed by atoms with E-state index in [4.69, 9.17) is 14.2 Å². The highest BCUT2D eigenvalue weighted by Gasteiger charge is 2.20. The number of benzene rings is 2. The Morgan fingerprint density at radius 3 is 2.29 bits per heavy atom. The third kappa shape index (κ3) is 6.09. The molecule has 8 heteroatoms. The number of anilines is 1. The Bertz CT molecular complexity index is 860. The fourth-order valence-corrected chi connectivity index (χ4v) is 3.08. The summed E-state index contributed by atoms with van der Waals surface area (Å²) in [5.41, 5.74) is 1.51. The standard InChI is InChI=1S/C20H23NO6S/c1-13(19(22)21-16-9-17(25-2)11-18(10-16)26-3)27-20(23)15-7-5-6-14(8-15)12-28(4)24/h5-11,13H,12H2,1-4H3,(H,21,22)/t13-,28+/m1/s1. The number of hydrogen-bond acceptors (Lipinski definition) is 6. The van der Waals surface area contributed by atoms with Gasteiger partial charge in [0.15, 0.2) is 6.10 Å². The number of rotatable bonds is 8. The molecule has 0 spiro atoms. The number of ether oxygens (including phenoxy) is 3. The lowest BCUT2D eigenvalue weighted by atomic mass is 10.1.